The zero-order valence-corrected chi connectivity index (χ0v) is 13.2. The first-order valence-electron chi connectivity index (χ1n) is 8.33. The molecule has 0 radical (unpaired) electrons. The molecule has 24 heavy (non-hydrogen) atoms. The highest BCUT2D eigenvalue weighted by Crippen LogP contribution is 2.33. The average molecular weight is 323 g/mol. The molecule has 122 valence electrons. The smallest absolute Gasteiger partial charge is 0.235 e. The number of aromatic amines is 1. The molecule has 1 atom stereocenters. The van der Waals surface area contributed by atoms with E-state index in [4.69, 9.17) is 9.26 Å². The first-order valence-corrected chi connectivity index (χ1v) is 8.33. The molecule has 0 fully saturated rings. The third kappa shape index (κ3) is 2.28. The number of hydrogen-bond donors (Lipinski definition) is 1. The summed E-state index contributed by atoms with van der Waals surface area (Å²) in [7, 11) is 0. The van der Waals surface area contributed by atoms with E-state index in [2.05, 4.69) is 37.7 Å². The van der Waals surface area contributed by atoms with Crippen LogP contribution in [0.3, 0.4) is 0 Å². The molecule has 1 aromatic carbocycles. The van der Waals surface area contributed by atoms with Gasteiger partial charge in [0.25, 0.3) is 0 Å². The first kappa shape index (κ1) is 13.7. The molecule has 1 aliphatic carbocycles. The van der Waals surface area contributed by atoms with Gasteiger partial charge in [-0.05, 0) is 36.5 Å². The maximum atomic E-state index is 5.55. The molecule has 3 aromatic rings. The topological polar surface area (TPSA) is 89.7 Å². The zero-order valence-electron chi connectivity index (χ0n) is 13.2. The lowest BCUT2D eigenvalue weighted by molar-refractivity contribution is 0.348. The van der Waals surface area contributed by atoms with E-state index in [0.29, 0.717) is 18.1 Å². The molecule has 1 N–H and O–H groups in total. The van der Waals surface area contributed by atoms with Crippen LogP contribution in [0.2, 0.25) is 0 Å². The minimum Gasteiger partial charge on any atom is -0.493 e. The van der Waals surface area contributed by atoms with Gasteiger partial charge in [-0.2, -0.15) is 20.4 Å². The van der Waals surface area contributed by atoms with Crippen molar-refractivity contribution in [3.05, 3.63) is 52.4 Å². The normalized spacial score (nSPS) is 18.9. The zero-order chi connectivity index (χ0) is 15.9. The minimum atomic E-state index is 0.0576. The molecule has 0 bridgehead atoms. The first-order chi connectivity index (χ1) is 11.9. The summed E-state index contributed by atoms with van der Waals surface area (Å²) in [5, 5.41) is 15.3. The number of benzene rings is 1. The Morgan fingerprint density at radius 3 is 3.21 bits per heavy atom. The van der Waals surface area contributed by atoms with Crippen molar-refractivity contribution in [2.24, 2.45) is 0 Å². The van der Waals surface area contributed by atoms with E-state index in [-0.39, 0.29) is 5.92 Å². The summed E-state index contributed by atoms with van der Waals surface area (Å²) in [5.41, 5.74) is 4.41. The number of aryl methyl sites for hydroxylation is 1. The van der Waals surface area contributed by atoms with Gasteiger partial charge in [-0.1, -0.05) is 17.3 Å². The molecule has 0 saturated heterocycles. The Morgan fingerprint density at radius 1 is 1.21 bits per heavy atom. The van der Waals surface area contributed by atoms with Gasteiger partial charge >= 0.3 is 0 Å². The van der Waals surface area contributed by atoms with Crippen molar-refractivity contribution in [3.8, 4) is 5.75 Å². The van der Waals surface area contributed by atoms with Gasteiger partial charge in [-0.25, -0.2) is 0 Å². The van der Waals surface area contributed by atoms with Crippen molar-refractivity contribution in [2.45, 2.75) is 38.0 Å². The fraction of sp³-hybridized carbons (Fsp3) is 0.412. The highest BCUT2D eigenvalue weighted by Gasteiger charge is 2.30. The summed E-state index contributed by atoms with van der Waals surface area (Å²) in [6, 6.07) is 6.27. The average Bonchev–Trinajstić information content (AvgIpc) is 3.34. The van der Waals surface area contributed by atoms with E-state index >= 15 is 0 Å². The van der Waals surface area contributed by atoms with Crippen LogP contribution in [0.15, 0.2) is 22.7 Å². The van der Waals surface area contributed by atoms with Crippen molar-refractivity contribution in [1.82, 2.24) is 25.6 Å². The molecule has 3 heterocycles. The van der Waals surface area contributed by atoms with E-state index in [1.165, 1.54) is 11.1 Å². The third-order valence-corrected chi connectivity index (χ3v) is 4.79. The number of ether oxygens (including phenoxy) is 1. The van der Waals surface area contributed by atoms with Crippen molar-refractivity contribution in [1.29, 1.82) is 0 Å². The Morgan fingerprint density at radius 2 is 2.21 bits per heavy atom. The summed E-state index contributed by atoms with van der Waals surface area (Å²) in [4.78, 5) is 4.61. The van der Waals surface area contributed by atoms with Crippen LogP contribution < -0.4 is 4.74 Å². The lowest BCUT2D eigenvalue weighted by atomic mass is 9.90. The van der Waals surface area contributed by atoms with Crippen molar-refractivity contribution in [3.63, 3.8) is 0 Å². The molecule has 1 unspecified atom stereocenters. The van der Waals surface area contributed by atoms with Crippen molar-refractivity contribution in [2.75, 3.05) is 6.61 Å². The van der Waals surface area contributed by atoms with E-state index in [0.717, 1.165) is 49.4 Å². The van der Waals surface area contributed by atoms with Gasteiger partial charge in [0.05, 0.1) is 23.9 Å². The molecular weight excluding hydrogens is 306 g/mol. The summed E-state index contributed by atoms with van der Waals surface area (Å²) < 4.78 is 11.1. The second kappa shape index (κ2) is 5.43. The molecule has 5 rings (SSSR count). The summed E-state index contributed by atoms with van der Waals surface area (Å²) in [5.74, 6) is 2.40. The summed E-state index contributed by atoms with van der Waals surface area (Å²) in [6.45, 7) is 0.771. The Kier molecular flexibility index (Phi) is 3.11. The standard InChI is InChI=1S/C17H17N5O2/c1-2-12(16-13(3-1)19-22-20-16)17-18-15(21-24-17)9-10-4-5-14-11(8-10)6-7-23-14/h4-5,8,12H,1-3,6-7,9H2,(H,19,20,22). The van der Waals surface area contributed by atoms with Gasteiger partial charge in [0.15, 0.2) is 5.82 Å². The fourth-order valence-corrected chi connectivity index (χ4v) is 3.59. The molecule has 7 nitrogen and oxygen atoms in total. The highest BCUT2D eigenvalue weighted by atomic mass is 16.5. The van der Waals surface area contributed by atoms with Gasteiger partial charge in [0, 0.05) is 12.8 Å². The monoisotopic (exact) mass is 323 g/mol. The van der Waals surface area contributed by atoms with E-state index in [1.54, 1.807) is 0 Å². The van der Waals surface area contributed by atoms with E-state index in [9.17, 15) is 0 Å². The predicted molar refractivity (Wildman–Crippen MR) is 83.9 cm³/mol. The maximum absolute atomic E-state index is 5.55. The van der Waals surface area contributed by atoms with Gasteiger partial charge in [0.1, 0.15) is 5.75 Å². The van der Waals surface area contributed by atoms with Gasteiger partial charge in [0.2, 0.25) is 5.89 Å². The Hall–Kier alpha value is -2.70. The molecule has 2 aliphatic rings. The number of nitrogens with one attached hydrogen (secondary N) is 1. The second-order valence-corrected chi connectivity index (χ2v) is 6.37. The molecular formula is C17H17N5O2. The van der Waals surface area contributed by atoms with Crippen LogP contribution in [-0.2, 0) is 19.3 Å². The number of aromatic nitrogens is 5. The lowest BCUT2D eigenvalue weighted by Crippen LogP contribution is -2.11. The van der Waals surface area contributed by atoms with E-state index in [1.807, 2.05) is 6.07 Å². The summed E-state index contributed by atoms with van der Waals surface area (Å²) in [6.07, 6.45) is 4.62. The fourth-order valence-electron chi connectivity index (χ4n) is 3.59. The number of nitrogens with zero attached hydrogens (tertiary/aromatic N) is 4. The Bertz CT molecular complexity index is 885. The van der Waals surface area contributed by atoms with E-state index < -0.39 is 0 Å². The number of fused-ring (bicyclic) bond motifs is 2. The molecule has 1 aliphatic heterocycles. The van der Waals surface area contributed by atoms with Gasteiger partial charge in [-0.3, -0.25) is 0 Å². The maximum Gasteiger partial charge on any atom is 0.235 e. The third-order valence-electron chi connectivity index (χ3n) is 4.79. The van der Waals surface area contributed by atoms with Crippen LogP contribution in [-0.4, -0.2) is 32.2 Å². The quantitative estimate of drug-likeness (QED) is 0.794. The minimum absolute atomic E-state index is 0.0576. The van der Waals surface area contributed by atoms with Crippen molar-refractivity contribution < 1.29 is 9.26 Å². The van der Waals surface area contributed by atoms with Crippen LogP contribution in [0.25, 0.3) is 0 Å². The lowest BCUT2D eigenvalue weighted by Gasteiger charge is -2.15. The van der Waals surface area contributed by atoms with Gasteiger partial charge in [-0.15, -0.1) is 0 Å². The molecule has 0 saturated carbocycles. The summed E-state index contributed by atoms with van der Waals surface area (Å²) >= 11 is 0. The Balaban J connectivity index is 1.39. The number of H-pyrrole nitrogens is 1. The molecule has 7 heteroatoms. The SMILES string of the molecule is c1cc2c(cc1Cc1noc(C3CCCc4n[nH]nc43)n1)CCO2. The largest absolute Gasteiger partial charge is 0.493 e. The molecule has 2 aromatic heterocycles. The second-order valence-electron chi connectivity index (χ2n) is 6.37. The number of hydrogen-bond acceptors (Lipinski definition) is 6. The van der Waals surface area contributed by atoms with Crippen LogP contribution in [0.1, 0.15) is 53.0 Å². The van der Waals surface area contributed by atoms with Crippen LogP contribution >= 0.6 is 0 Å². The predicted octanol–water partition coefficient (Wildman–Crippen LogP) is 2.18. The molecule has 0 amide bonds. The van der Waals surface area contributed by atoms with Crippen LogP contribution in [0.5, 0.6) is 5.75 Å². The van der Waals surface area contributed by atoms with Crippen LogP contribution in [0, 0.1) is 0 Å². The number of rotatable bonds is 3. The van der Waals surface area contributed by atoms with Gasteiger partial charge < -0.3 is 9.26 Å². The van der Waals surface area contributed by atoms with Crippen LogP contribution in [0.4, 0.5) is 0 Å². The Labute approximate surface area is 138 Å². The van der Waals surface area contributed by atoms with Crippen molar-refractivity contribution >= 4 is 0 Å². The highest BCUT2D eigenvalue weighted by molar-refractivity contribution is 5.40. The molecule has 0 spiro atoms.